The van der Waals surface area contributed by atoms with Crippen molar-refractivity contribution in [2.24, 2.45) is 0 Å². The van der Waals surface area contributed by atoms with Crippen molar-refractivity contribution in [3.8, 4) is 0 Å². The summed E-state index contributed by atoms with van der Waals surface area (Å²) in [6.07, 6.45) is -4.04. The van der Waals surface area contributed by atoms with Crippen LogP contribution in [-0.2, 0) is 22.7 Å². The molecule has 140 valence electrons. The van der Waals surface area contributed by atoms with Crippen LogP contribution in [0.15, 0.2) is 42.5 Å². The van der Waals surface area contributed by atoms with Crippen LogP contribution in [0.5, 0.6) is 0 Å². The Labute approximate surface area is 148 Å². The van der Waals surface area contributed by atoms with Crippen LogP contribution in [0.3, 0.4) is 0 Å². The Morgan fingerprint density at radius 1 is 1.12 bits per heavy atom. The molecule has 2 aromatic rings. The molecule has 1 aliphatic heterocycles. The normalized spacial score (nSPS) is 16.7. The molecule has 0 spiro atoms. The number of sulfonamides is 1. The topological polar surface area (TPSA) is 49.4 Å². The number of halogens is 4. The van der Waals surface area contributed by atoms with Gasteiger partial charge in [-0.3, -0.25) is 4.31 Å². The first kappa shape index (κ1) is 18.5. The highest BCUT2D eigenvalue weighted by Crippen LogP contribution is 2.33. The lowest BCUT2D eigenvalue weighted by Gasteiger charge is -2.19. The number of nitrogens with one attached hydrogen (secondary N) is 1. The number of rotatable bonds is 4. The molecule has 26 heavy (non-hydrogen) atoms. The maximum atomic E-state index is 14.0. The first-order chi connectivity index (χ1) is 12.2. The molecule has 0 aromatic heterocycles. The van der Waals surface area contributed by atoms with Crippen LogP contribution in [-0.4, -0.2) is 20.7 Å². The van der Waals surface area contributed by atoms with E-state index in [0.29, 0.717) is 13.0 Å². The van der Waals surface area contributed by atoms with Gasteiger partial charge in [0.05, 0.1) is 22.7 Å². The maximum Gasteiger partial charge on any atom is 0.416 e. The van der Waals surface area contributed by atoms with Crippen molar-refractivity contribution in [3.05, 3.63) is 59.4 Å². The molecule has 1 aliphatic rings. The summed E-state index contributed by atoms with van der Waals surface area (Å²) < 4.78 is 78.3. The van der Waals surface area contributed by atoms with Crippen molar-refractivity contribution < 1.29 is 26.0 Å². The van der Waals surface area contributed by atoms with Crippen molar-refractivity contribution in [2.75, 3.05) is 21.9 Å². The second kappa shape index (κ2) is 6.79. The third kappa shape index (κ3) is 3.77. The summed E-state index contributed by atoms with van der Waals surface area (Å²) >= 11 is 0. The van der Waals surface area contributed by atoms with E-state index in [9.17, 15) is 26.0 Å². The number of alkyl halides is 3. The molecule has 0 unspecified atom stereocenters. The highest BCUT2D eigenvalue weighted by Gasteiger charge is 2.33. The average molecular weight is 388 g/mol. The van der Waals surface area contributed by atoms with E-state index in [0.717, 1.165) is 12.1 Å². The average Bonchev–Trinajstić information content (AvgIpc) is 2.93. The summed E-state index contributed by atoms with van der Waals surface area (Å²) in [4.78, 5) is 0. The number of benzene rings is 2. The molecule has 1 heterocycles. The van der Waals surface area contributed by atoms with Crippen LogP contribution in [0.4, 0.5) is 28.9 Å². The van der Waals surface area contributed by atoms with E-state index in [2.05, 4.69) is 5.32 Å². The zero-order valence-electron chi connectivity index (χ0n) is 13.6. The summed E-state index contributed by atoms with van der Waals surface area (Å²) in [5, 5.41) is 2.64. The van der Waals surface area contributed by atoms with Gasteiger partial charge in [-0.05, 0) is 36.2 Å². The largest absolute Gasteiger partial charge is 0.416 e. The van der Waals surface area contributed by atoms with Crippen LogP contribution in [0.1, 0.15) is 17.5 Å². The first-order valence-corrected chi connectivity index (χ1v) is 9.48. The van der Waals surface area contributed by atoms with Gasteiger partial charge in [0.25, 0.3) is 0 Å². The summed E-state index contributed by atoms with van der Waals surface area (Å²) in [7, 11) is -3.43. The lowest BCUT2D eigenvalue weighted by molar-refractivity contribution is -0.138. The lowest BCUT2D eigenvalue weighted by Crippen LogP contribution is -2.25. The Hall–Kier alpha value is -2.29. The minimum Gasteiger partial charge on any atom is -0.379 e. The second-order valence-corrected chi connectivity index (χ2v) is 7.93. The Balaban J connectivity index is 1.85. The molecule has 2 aromatic carbocycles. The maximum absolute atomic E-state index is 14.0. The van der Waals surface area contributed by atoms with Crippen LogP contribution < -0.4 is 9.62 Å². The number of hydrogen-bond acceptors (Lipinski definition) is 3. The Kier molecular flexibility index (Phi) is 4.83. The fourth-order valence-electron chi connectivity index (χ4n) is 2.87. The monoisotopic (exact) mass is 388 g/mol. The molecular formula is C17H16F4N2O2S. The standard InChI is InChI=1S/C17H16F4N2O2S/c18-15-7-6-13(23-8-3-9-26(23,24)25)10-16(15)22-11-12-4-1-2-5-14(12)17(19,20)21/h1-2,4-7,10,22H,3,8-9,11H2. The summed E-state index contributed by atoms with van der Waals surface area (Å²) in [5.74, 6) is -0.652. The van der Waals surface area contributed by atoms with Crippen molar-refractivity contribution in [1.29, 1.82) is 0 Å². The van der Waals surface area contributed by atoms with E-state index in [1.807, 2.05) is 0 Å². The highest BCUT2D eigenvalue weighted by atomic mass is 32.2. The van der Waals surface area contributed by atoms with E-state index < -0.39 is 27.6 Å². The zero-order valence-corrected chi connectivity index (χ0v) is 14.4. The summed E-state index contributed by atoms with van der Waals surface area (Å²) in [5.41, 5.74) is -0.595. The van der Waals surface area contributed by atoms with E-state index in [1.54, 1.807) is 0 Å². The molecule has 1 N–H and O–H groups in total. The number of hydrogen-bond donors (Lipinski definition) is 1. The number of anilines is 2. The minimum atomic E-state index is -4.51. The Bertz CT molecular complexity index is 913. The molecule has 0 radical (unpaired) electrons. The van der Waals surface area contributed by atoms with Gasteiger partial charge in [0, 0.05) is 13.1 Å². The van der Waals surface area contributed by atoms with Gasteiger partial charge in [0.15, 0.2) is 0 Å². The quantitative estimate of drug-likeness (QED) is 0.806. The third-order valence-electron chi connectivity index (χ3n) is 4.13. The van der Waals surface area contributed by atoms with E-state index in [-0.39, 0.29) is 29.2 Å². The third-order valence-corrected chi connectivity index (χ3v) is 6.00. The van der Waals surface area contributed by atoms with Crippen molar-refractivity contribution in [2.45, 2.75) is 19.1 Å². The van der Waals surface area contributed by atoms with Crippen molar-refractivity contribution in [1.82, 2.24) is 0 Å². The molecule has 4 nitrogen and oxygen atoms in total. The minimum absolute atomic E-state index is 0.0199. The van der Waals surface area contributed by atoms with Gasteiger partial charge in [-0.2, -0.15) is 13.2 Å². The fraction of sp³-hybridized carbons (Fsp3) is 0.294. The van der Waals surface area contributed by atoms with Gasteiger partial charge < -0.3 is 5.32 Å². The van der Waals surface area contributed by atoms with E-state index in [1.165, 1.54) is 34.6 Å². The molecule has 0 bridgehead atoms. The molecule has 3 rings (SSSR count). The van der Waals surface area contributed by atoms with E-state index in [4.69, 9.17) is 0 Å². The summed E-state index contributed by atoms with van der Waals surface area (Å²) in [6, 6.07) is 8.76. The van der Waals surface area contributed by atoms with Gasteiger partial charge in [0.1, 0.15) is 5.82 Å². The van der Waals surface area contributed by atoms with Crippen LogP contribution in [0, 0.1) is 5.82 Å². The van der Waals surface area contributed by atoms with Crippen LogP contribution in [0.25, 0.3) is 0 Å². The molecular weight excluding hydrogens is 372 g/mol. The molecule has 1 saturated heterocycles. The smallest absolute Gasteiger partial charge is 0.379 e. The van der Waals surface area contributed by atoms with Crippen LogP contribution in [0.2, 0.25) is 0 Å². The van der Waals surface area contributed by atoms with Crippen LogP contribution >= 0.6 is 0 Å². The molecule has 9 heteroatoms. The van der Waals surface area contributed by atoms with Gasteiger partial charge >= 0.3 is 6.18 Å². The lowest BCUT2D eigenvalue weighted by atomic mass is 10.1. The predicted octanol–water partition coefficient (Wildman–Crippen LogP) is 4.00. The highest BCUT2D eigenvalue weighted by molar-refractivity contribution is 7.93. The van der Waals surface area contributed by atoms with Crippen molar-refractivity contribution >= 4 is 21.4 Å². The molecule has 0 atom stereocenters. The van der Waals surface area contributed by atoms with Gasteiger partial charge in [-0.15, -0.1) is 0 Å². The number of nitrogens with zero attached hydrogens (tertiary/aromatic N) is 1. The molecule has 1 fully saturated rings. The molecule has 0 amide bonds. The van der Waals surface area contributed by atoms with Gasteiger partial charge in [-0.1, -0.05) is 18.2 Å². The fourth-order valence-corrected chi connectivity index (χ4v) is 4.43. The molecule has 0 saturated carbocycles. The van der Waals surface area contributed by atoms with Gasteiger partial charge in [-0.25, -0.2) is 12.8 Å². The van der Waals surface area contributed by atoms with E-state index >= 15 is 0 Å². The Morgan fingerprint density at radius 3 is 2.50 bits per heavy atom. The van der Waals surface area contributed by atoms with Gasteiger partial charge in [0.2, 0.25) is 10.0 Å². The summed E-state index contributed by atoms with van der Waals surface area (Å²) in [6.45, 7) is 0.0487. The first-order valence-electron chi connectivity index (χ1n) is 7.87. The van der Waals surface area contributed by atoms with Crippen molar-refractivity contribution in [3.63, 3.8) is 0 Å². The SMILES string of the molecule is O=S1(=O)CCCN1c1ccc(F)c(NCc2ccccc2C(F)(F)F)c1. The zero-order chi connectivity index (χ0) is 18.9. The molecule has 0 aliphatic carbocycles. The second-order valence-electron chi connectivity index (χ2n) is 5.91. The Morgan fingerprint density at radius 2 is 1.85 bits per heavy atom. The predicted molar refractivity (Wildman–Crippen MR) is 90.9 cm³/mol.